The minimum absolute atomic E-state index is 0.00143. The molecule has 5 N–H and O–H groups in total. The standard InChI is InChI=1S/C32H33N5O6S.C2HF3O2/c1-37-16-21-15-23(5-10-28(21)44(40,41)25-6-7-25)35-29(38)18-43-17-22-13-20(3-9-27(22)42-2)30(32(37)39)36-24-4-8-26-19(14-24)11-12-34-31(26)33;3-2(4,5)1(6)7/h3-5,8-15,25,30,36H,6-7,16-18H2,1-2H3,(H2,33,34)(H,35,38);(H,6,7)/t30-;/m1./s1. The van der Waals surface area contributed by atoms with Gasteiger partial charge in [-0.3, -0.25) is 9.59 Å². The van der Waals surface area contributed by atoms with Gasteiger partial charge in [-0.1, -0.05) is 6.07 Å². The number of hydrogen-bond acceptors (Lipinski definition) is 10. The normalized spacial score (nSPS) is 17.0. The number of hydrogen-bond donors (Lipinski definition) is 4. The summed E-state index contributed by atoms with van der Waals surface area (Å²) in [4.78, 5) is 41.7. The van der Waals surface area contributed by atoms with Crippen molar-refractivity contribution in [2.45, 2.75) is 48.4 Å². The molecule has 1 saturated carbocycles. The topological polar surface area (TPSA) is 190 Å². The van der Waals surface area contributed by atoms with Gasteiger partial charge < -0.3 is 35.8 Å². The molecule has 1 atom stereocenters. The second-order valence-electron chi connectivity index (χ2n) is 11.9. The fourth-order valence-electron chi connectivity index (χ4n) is 5.46. The van der Waals surface area contributed by atoms with Crippen molar-refractivity contribution in [3.8, 4) is 5.75 Å². The van der Waals surface area contributed by atoms with Crippen LogP contribution in [0.25, 0.3) is 10.8 Å². The number of carbonyl (C=O) groups is 3. The maximum atomic E-state index is 14.3. The van der Waals surface area contributed by atoms with E-state index in [0.717, 1.165) is 10.8 Å². The number of anilines is 3. The molecule has 1 aliphatic heterocycles. The van der Waals surface area contributed by atoms with Gasteiger partial charge in [0.1, 0.15) is 24.2 Å². The molecule has 0 unspecified atom stereocenters. The Balaban J connectivity index is 0.000000654. The number of carboxylic acid groups (broad SMARTS) is 1. The van der Waals surface area contributed by atoms with E-state index in [2.05, 4.69) is 15.6 Å². The number of sulfone groups is 1. The number of aliphatic carboxylic acids is 1. The summed E-state index contributed by atoms with van der Waals surface area (Å²) >= 11 is 0. The molecule has 0 saturated heterocycles. The number of alkyl halides is 3. The van der Waals surface area contributed by atoms with Crippen molar-refractivity contribution in [3.63, 3.8) is 0 Å². The van der Waals surface area contributed by atoms with Gasteiger partial charge in [0, 0.05) is 42.1 Å². The SMILES string of the molecule is COc1ccc2cc1COCC(=O)Nc1ccc(S(=O)(=O)C3CC3)c(c1)CN(C)C(=O)[C@@H]2Nc1ccc2c(N)nccc2c1.O=C(O)C(F)(F)F. The molecule has 13 nitrogen and oxygen atoms in total. The molecule has 0 spiro atoms. The molecule has 2 aliphatic rings. The Labute approximate surface area is 290 Å². The number of pyridine rings is 1. The summed E-state index contributed by atoms with van der Waals surface area (Å²) in [7, 11) is -0.415. The first kappa shape index (κ1) is 36.9. The molecule has 2 heterocycles. The summed E-state index contributed by atoms with van der Waals surface area (Å²) in [5.41, 5.74) is 8.85. The van der Waals surface area contributed by atoms with Crippen LogP contribution in [0.15, 0.2) is 71.8 Å². The van der Waals surface area contributed by atoms with Crippen LogP contribution >= 0.6 is 0 Å². The highest BCUT2D eigenvalue weighted by molar-refractivity contribution is 7.92. The lowest BCUT2D eigenvalue weighted by Gasteiger charge is -2.27. The van der Waals surface area contributed by atoms with Crippen LogP contribution in [0.4, 0.5) is 30.4 Å². The molecule has 3 aromatic carbocycles. The predicted octanol–water partition coefficient (Wildman–Crippen LogP) is 4.68. The molecule has 17 heteroatoms. The van der Waals surface area contributed by atoms with E-state index in [0.29, 0.717) is 52.5 Å². The largest absolute Gasteiger partial charge is 0.496 e. The molecule has 51 heavy (non-hydrogen) atoms. The molecule has 270 valence electrons. The van der Waals surface area contributed by atoms with Crippen LogP contribution < -0.4 is 21.1 Å². The van der Waals surface area contributed by atoms with E-state index in [9.17, 15) is 31.2 Å². The van der Waals surface area contributed by atoms with E-state index in [1.807, 2.05) is 30.3 Å². The fourth-order valence-corrected chi connectivity index (χ4v) is 7.32. The van der Waals surface area contributed by atoms with Gasteiger partial charge in [0.05, 0.1) is 23.9 Å². The number of methoxy groups -OCH3 is 1. The third kappa shape index (κ3) is 8.67. The first-order valence-corrected chi connectivity index (χ1v) is 17.0. The number of carbonyl (C=O) groups excluding carboxylic acids is 2. The van der Waals surface area contributed by atoms with E-state index in [-0.39, 0.29) is 30.6 Å². The zero-order valence-corrected chi connectivity index (χ0v) is 28.2. The summed E-state index contributed by atoms with van der Waals surface area (Å²) in [5.74, 6) is -2.49. The highest BCUT2D eigenvalue weighted by Crippen LogP contribution is 2.37. The van der Waals surface area contributed by atoms with E-state index >= 15 is 0 Å². The zero-order valence-electron chi connectivity index (χ0n) is 27.4. The van der Waals surface area contributed by atoms with E-state index in [4.69, 9.17) is 25.1 Å². The minimum atomic E-state index is -5.08. The number of likely N-dealkylation sites (N-methyl/N-ethyl adjacent to an activating group) is 1. The first-order valence-electron chi connectivity index (χ1n) is 15.5. The molecule has 1 aromatic heterocycles. The van der Waals surface area contributed by atoms with E-state index in [1.165, 1.54) is 18.1 Å². The van der Waals surface area contributed by atoms with Crippen molar-refractivity contribution in [3.05, 3.63) is 83.6 Å². The number of benzene rings is 3. The number of nitrogens with zero attached hydrogens (tertiary/aromatic N) is 2. The zero-order chi connectivity index (χ0) is 37.1. The molecule has 1 fully saturated rings. The molecular formula is C34H34F3N5O8S. The number of ether oxygens (including phenoxy) is 2. The predicted molar refractivity (Wildman–Crippen MR) is 181 cm³/mol. The number of amides is 2. The number of carboxylic acids is 1. The Bertz CT molecular complexity index is 2090. The molecule has 2 amide bonds. The Morgan fingerprint density at radius 3 is 2.45 bits per heavy atom. The van der Waals surface area contributed by atoms with Gasteiger partial charge in [-0.05, 0) is 84.0 Å². The minimum Gasteiger partial charge on any atom is -0.496 e. The van der Waals surface area contributed by atoms with Gasteiger partial charge in [0.2, 0.25) is 11.8 Å². The van der Waals surface area contributed by atoms with Crippen LogP contribution in [0.3, 0.4) is 0 Å². The molecule has 6 rings (SSSR count). The van der Waals surface area contributed by atoms with Gasteiger partial charge in [0.25, 0.3) is 0 Å². The van der Waals surface area contributed by atoms with Crippen molar-refractivity contribution in [1.82, 2.24) is 9.88 Å². The van der Waals surface area contributed by atoms with Gasteiger partial charge in [-0.2, -0.15) is 13.2 Å². The molecule has 4 aromatic rings. The second kappa shape index (κ2) is 14.8. The average Bonchev–Trinajstić information content (AvgIpc) is 3.93. The quantitative estimate of drug-likeness (QED) is 0.223. The summed E-state index contributed by atoms with van der Waals surface area (Å²) in [5, 5.41) is 14.5. The molecular weight excluding hydrogens is 695 g/mol. The smallest absolute Gasteiger partial charge is 0.490 e. The van der Waals surface area contributed by atoms with Gasteiger partial charge >= 0.3 is 12.1 Å². The first-order chi connectivity index (χ1) is 24.1. The Kier molecular flexibility index (Phi) is 10.7. The maximum absolute atomic E-state index is 14.3. The summed E-state index contributed by atoms with van der Waals surface area (Å²) in [6, 6.07) is 16.6. The summed E-state index contributed by atoms with van der Waals surface area (Å²) in [6.07, 6.45) is -2.25. The summed E-state index contributed by atoms with van der Waals surface area (Å²) < 4.78 is 69.7. The van der Waals surface area contributed by atoms with E-state index < -0.39 is 39.2 Å². The number of nitrogens with one attached hydrogen (secondary N) is 2. The third-order valence-electron chi connectivity index (χ3n) is 8.12. The summed E-state index contributed by atoms with van der Waals surface area (Å²) in [6.45, 7) is -0.172. The third-order valence-corrected chi connectivity index (χ3v) is 10.5. The molecule has 0 radical (unpaired) electrons. The number of rotatable bonds is 5. The van der Waals surface area contributed by atoms with Crippen LogP contribution in [0.2, 0.25) is 0 Å². The number of nitrogens with two attached hydrogens (primary N) is 1. The number of fused-ring (bicyclic) bond motifs is 5. The van der Waals surface area contributed by atoms with Gasteiger partial charge in [-0.25, -0.2) is 18.2 Å². The van der Waals surface area contributed by atoms with Crippen LogP contribution in [0.5, 0.6) is 5.75 Å². The Morgan fingerprint density at radius 1 is 1.06 bits per heavy atom. The number of nitrogen functional groups attached to an aromatic ring is 1. The highest BCUT2D eigenvalue weighted by Gasteiger charge is 2.39. The lowest BCUT2D eigenvalue weighted by atomic mass is 10.0. The van der Waals surface area contributed by atoms with Gasteiger partial charge in [0.15, 0.2) is 9.84 Å². The maximum Gasteiger partial charge on any atom is 0.490 e. The lowest BCUT2D eigenvalue weighted by molar-refractivity contribution is -0.192. The van der Waals surface area contributed by atoms with Crippen LogP contribution in [-0.4, -0.2) is 73.4 Å². The van der Waals surface area contributed by atoms with Crippen molar-refractivity contribution in [2.75, 3.05) is 37.1 Å². The lowest BCUT2D eigenvalue weighted by Crippen LogP contribution is -2.35. The number of aromatic nitrogens is 1. The fraction of sp³-hybridized carbons (Fsp3) is 0.294. The van der Waals surface area contributed by atoms with Crippen LogP contribution in [0.1, 0.15) is 35.6 Å². The second-order valence-corrected chi connectivity index (χ2v) is 14.1. The highest BCUT2D eigenvalue weighted by atomic mass is 32.2. The van der Waals surface area contributed by atoms with Crippen LogP contribution in [-0.2, 0) is 42.1 Å². The van der Waals surface area contributed by atoms with Crippen molar-refractivity contribution in [2.24, 2.45) is 0 Å². The van der Waals surface area contributed by atoms with Crippen LogP contribution in [0, 0.1) is 0 Å². The average molecular weight is 730 g/mol. The van der Waals surface area contributed by atoms with Crippen molar-refractivity contribution >= 4 is 55.6 Å². The molecule has 4 bridgehead atoms. The molecule has 1 aliphatic carbocycles. The van der Waals surface area contributed by atoms with E-state index in [1.54, 1.807) is 37.5 Å². The monoisotopic (exact) mass is 729 g/mol. The van der Waals surface area contributed by atoms with Crippen molar-refractivity contribution in [1.29, 1.82) is 0 Å². The number of halogens is 3. The Morgan fingerprint density at radius 2 is 1.78 bits per heavy atom. The Hall–Kier alpha value is -5.42. The van der Waals surface area contributed by atoms with Gasteiger partial charge in [-0.15, -0.1) is 0 Å². The van der Waals surface area contributed by atoms with Crippen molar-refractivity contribution < 1.29 is 50.6 Å².